The molecule has 3 rings (SSSR count). The summed E-state index contributed by atoms with van der Waals surface area (Å²) in [5.41, 5.74) is 0.745. The minimum absolute atomic E-state index is 0.140. The van der Waals surface area contributed by atoms with E-state index in [1.54, 1.807) is 18.2 Å². The molecule has 2 heterocycles. The second-order valence-corrected chi connectivity index (χ2v) is 5.53. The van der Waals surface area contributed by atoms with Crippen molar-refractivity contribution in [2.75, 3.05) is 6.54 Å². The maximum atomic E-state index is 11.9. The second-order valence-electron chi connectivity index (χ2n) is 5.09. The highest BCUT2D eigenvalue weighted by atomic mass is 35.5. The maximum absolute atomic E-state index is 11.9. The summed E-state index contributed by atoms with van der Waals surface area (Å²) in [6, 6.07) is 6.73. The minimum atomic E-state index is -0.478. The molecule has 1 aliphatic heterocycles. The lowest BCUT2D eigenvalue weighted by atomic mass is 10.2. The van der Waals surface area contributed by atoms with Crippen LogP contribution in [-0.2, 0) is 11.3 Å². The van der Waals surface area contributed by atoms with Gasteiger partial charge >= 0.3 is 0 Å². The van der Waals surface area contributed by atoms with E-state index in [2.05, 4.69) is 20.8 Å². The monoisotopic (exact) mass is 322 g/mol. The number of β-amino-alcohol motifs (C(OH)–C–C–N with tert-alkyl or cyclic N) is 1. The lowest BCUT2D eigenvalue weighted by molar-refractivity contribution is -0.123. The van der Waals surface area contributed by atoms with Gasteiger partial charge in [0.2, 0.25) is 17.6 Å². The molecule has 1 aliphatic rings. The fraction of sp³-hybridized carbons (Fsp3) is 0.357. The number of halogens is 1. The van der Waals surface area contributed by atoms with Gasteiger partial charge in [-0.05, 0) is 18.6 Å². The van der Waals surface area contributed by atoms with Gasteiger partial charge in [0.25, 0.3) is 0 Å². The average molecular weight is 323 g/mol. The van der Waals surface area contributed by atoms with Crippen LogP contribution in [0.5, 0.6) is 0 Å². The number of hydrogen-bond donors (Lipinski definition) is 3. The normalized spacial score (nSPS) is 21.0. The SMILES string of the molecule is O=C(NCc1nc(-c2cccc(Cl)c2)no1)C1CC(O)CN1. The van der Waals surface area contributed by atoms with Crippen molar-refractivity contribution in [3.63, 3.8) is 0 Å². The third-order valence-corrected chi connectivity index (χ3v) is 3.62. The Morgan fingerprint density at radius 3 is 3.14 bits per heavy atom. The molecule has 1 amide bonds. The van der Waals surface area contributed by atoms with E-state index in [-0.39, 0.29) is 18.5 Å². The molecular weight excluding hydrogens is 308 g/mol. The van der Waals surface area contributed by atoms with E-state index < -0.39 is 6.10 Å². The highest BCUT2D eigenvalue weighted by molar-refractivity contribution is 6.30. The number of benzene rings is 1. The first-order chi connectivity index (χ1) is 10.6. The quantitative estimate of drug-likeness (QED) is 0.767. The summed E-state index contributed by atoms with van der Waals surface area (Å²) in [5, 5.41) is 19.5. The summed E-state index contributed by atoms with van der Waals surface area (Å²) in [4.78, 5) is 16.1. The number of nitrogens with zero attached hydrogens (tertiary/aromatic N) is 2. The van der Waals surface area contributed by atoms with Gasteiger partial charge in [-0.25, -0.2) is 0 Å². The topological polar surface area (TPSA) is 100 Å². The van der Waals surface area contributed by atoms with E-state index in [0.29, 0.717) is 29.7 Å². The highest BCUT2D eigenvalue weighted by Gasteiger charge is 2.28. The van der Waals surface area contributed by atoms with Crippen LogP contribution in [0.25, 0.3) is 11.4 Å². The van der Waals surface area contributed by atoms with Gasteiger partial charge in [-0.1, -0.05) is 28.9 Å². The number of rotatable bonds is 4. The van der Waals surface area contributed by atoms with Crippen LogP contribution in [0, 0.1) is 0 Å². The van der Waals surface area contributed by atoms with Crippen molar-refractivity contribution in [2.24, 2.45) is 0 Å². The Hall–Kier alpha value is -1.96. The van der Waals surface area contributed by atoms with Gasteiger partial charge in [0.05, 0.1) is 18.7 Å². The molecule has 2 atom stereocenters. The first kappa shape index (κ1) is 15.0. The van der Waals surface area contributed by atoms with Crippen LogP contribution in [0.2, 0.25) is 5.02 Å². The molecule has 8 heteroatoms. The number of nitrogens with one attached hydrogen (secondary N) is 2. The van der Waals surface area contributed by atoms with Crippen molar-refractivity contribution < 1.29 is 14.4 Å². The van der Waals surface area contributed by atoms with Crippen LogP contribution >= 0.6 is 11.6 Å². The highest BCUT2D eigenvalue weighted by Crippen LogP contribution is 2.19. The van der Waals surface area contributed by atoms with E-state index in [1.165, 1.54) is 0 Å². The summed E-state index contributed by atoms with van der Waals surface area (Å²) in [6.45, 7) is 0.568. The Bertz CT molecular complexity index is 676. The van der Waals surface area contributed by atoms with Crippen molar-refractivity contribution >= 4 is 17.5 Å². The van der Waals surface area contributed by atoms with Crippen LogP contribution < -0.4 is 10.6 Å². The molecule has 22 heavy (non-hydrogen) atoms. The third kappa shape index (κ3) is 3.44. The zero-order chi connectivity index (χ0) is 15.5. The standard InChI is InChI=1S/C14H15ClN4O3/c15-9-3-1-2-8(4-9)13-18-12(22-19-13)7-17-14(21)11-5-10(20)6-16-11/h1-4,10-11,16,20H,5-7H2,(H,17,21). The van der Waals surface area contributed by atoms with E-state index in [1.807, 2.05) is 6.07 Å². The fourth-order valence-electron chi connectivity index (χ4n) is 2.27. The number of aliphatic hydroxyl groups is 1. The summed E-state index contributed by atoms with van der Waals surface area (Å²) >= 11 is 5.92. The van der Waals surface area contributed by atoms with Crippen molar-refractivity contribution in [3.05, 3.63) is 35.2 Å². The maximum Gasteiger partial charge on any atom is 0.246 e. The summed E-state index contributed by atoms with van der Waals surface area (Å²) in [7, 11) is 0. The average Bonchev–Trinajstić information content (AvgIpc) is 3.14. The minimum Gasteiger partial charge on any atom is -0.392 e. The number of aromatic nitrogens is 2. The van der Waals surface area contributed by atoms with E-state index in [4.69, 9.17) is 16.1 Å². The van der Waals surface area contributed by atoms with Gasteiger partial charge in [0.1, 0.15) is 0 Å². The molecule has 0 spiro atoms. The molecule has 3 N–H and O–H groups in total. The number of aliphatic hydroxyl groups excluding tert-OH is 1. The Morgan fingerprint density at radius 1 is 1.55 bits per heavy atom. The summed E-state index contributed by atoms with van der Waals surface area (Å²) in [5.74, 6) is 0.530. The fourth-order valence-corrected chi connectivity index (χ4v) is 2.46. The Balaban J connectivity index is 1.59. The summed E-state index contributed by atoms with van der Waals surface area (Å²) < 4.78 is 5.10. The molecule has 2 unspecified atom stereocenters. The molecule has 1 fully saturated rings. The van der Waals surface area contributed by atoms with Crippen molar-refractivity contribution in [1.29, 1.82) is 0 Å². The molecule has 0 saturated carbocycles. The predicted octanol–water partition coefficient (Wildman–Crippen LogP) is 0.729. The molecule has 116 valence electrons. The Kier molecular flexibility index (Phi) is 4.37. The molecular formula is C14H15ClN4O3. The zero-order valence-electron chi connectivity index (χ0n) is 11.6. The first-order valence-corrected chi connectivity index (χ1v) is 7.27. The Morgan fingerprint density at radius 2 is 2.41 bits per heavy atom. The van der Waals surface area contributed by atoms with Gasteiger partial charge in [0, 0.05) is 17.1 Å². The number of carbonyl (C=O) groups is 1. The van der Waals surface area contributed by atoms with E-state index in [0.717, 1.165) is 5.56 Å². The van der Waals surface area contributed by atoms with Crippen molar-refractivity contribution in [3.8, 4) is 11.4 Å². The van der Waals surface area contributed by atoms with Gasteiger partial charge in [0.15, 0.2) is 0 Å². The molecule has 0 radical (unpaired) electrons. The van der Waals surface area contributed by atoms with E-state index >= 15 is 0 Å². The molecule has 1 aromatic carbocycles. The van der Waals surface area contributed by atoms with Crippen LogP contribution in [0.4, 0.5) is 0 Å². The second kappa shape index (κ2) is 6.43. The van der Waals surface area contributed by atoms with Crippen molar-refractivity contribution in [1.82, 2.24) is 20.8 Å². The molecule has 0 aliphatic carbocycles. The Labute approximate surface area is 131 Å². The number of amides is 1. The first-order valence-electron chi connectivity index (χ1n) is 6.89. The molecule has 0 bridgehead atoms. The number of hydrogen-bond acceptors (Lipinski definition) is 6. The van der Waals surface area contributed by atoms with Gasteiger partial charge in [-0.3, -0.25) is 4.79 Å². The van der Waals surface area contributed by atoms with Crippen LogP contribution in [0.1, 0.15) is 12.3 Å². The van der Waals surface area contributed by atoms with Crippen molar-refractivity contribution in [2.45, 2.75) is 25.1 Å². The van der Waals surface area contributed by atoms with Crippen LogP contribution in [-0.4, -0.2) is 39.8 Å². The predicted molar refractivity (Wildman–Crippen MR) is 79.0 cm³/mol. The van der Waals surface area contributed by atoms with E-state index in [9.17, 15) is 9.90 Å². The molecule has 7 nitrogen and oxygen atoms in total. The van der Waals surface area contributed by atoms with Gasteiger partial charge < -0.3 is 20.3 Å². The van der Waals surface area contributed by atoms with Crippen LogP contribution in [0.15, 0.2) is 28.8 Å². The van der Waals surface area contributed by atoms with Gasteiger partial charge in [-0.15, -0.1) is 0 Å². The third-order valence-electron chi connectivity index (χ3n) is 3.39. The van der Waals surface area contributed by atoms with Gasteiger partial charge in [-0.2, -0.15) is 4.98 Å². The van der Waals surface area contributed by atoms with Crippen LogP contribution in [0.3, 0.4) is 0 Å². The largest absolute Gasteiger partial charge is 0.392 e. The zero-order valence-corrected chi connectivity index (χ0v) is 12.4. The molecule has 2 aromatic rings. The molecule has 1 saturated heterocycles. The lowest BCUT2D eigenvalue weighted by Crippen LogP contribution is -2.40. The lowest BCUT2D eigenvalue weighted by Gasteiger charge is -2.08. The number of carbonyl (C=O) groups excluding carboxylic acids is 1. The summed E-state index contributed by atoms with van der Waals surface area (Å²) in [6.07, 6.45) is -0.0720. The smallest absolute Gasteiger partial charge is 0.246 e. The molecule has 1 aromatic heterocycles.